The highest BCUT2D eigenvalue weighted by atomic mass is 16.5. The van der Waals surface area contributed by atoms with Crippen LogP contribution in [0.1, 0.15) is 44.1 Å². The monoisotopic (exact) mass is 263 g/mol. The number of aliphatic carboxylic acids is 1. The predicted octanol–water partition coefficient (Wildman–Crippen LogP) is 2.95. The molecule has 0 saturated heterocycles. The van der Waals surface area contributed by atoms with E-state index in [4.69, 9.17) is 10.5 Å². The fourth-order valence-electron chi connectivity index (χ4n) is 3.07. The number of hydrogen-bond donors (Lipinski definition) is 2. The summed E-state index contributed by atoms with van der Waals surface area (Å²) in [5.74, 6) is -0.211. The van der Waals surface area contributed by atoms with Gasteiger partial charge >= 0.3 is 5.97 Å². The number of para-hydroxylation sites is 1. The molecular formula is C15H21NO3. The maximum Gasteiger partial charge on any atom is 0.314 e. The van der Waals surface area contributed by atoms with Gasteiger partial charge in [-0.15, -0.1) is 0 Å². The highest BCUT2D eigenvalue weighted by molar-refractivity contribution is 5.84. The Labute approximate surface area is 113 Å². The smallest absolute Gasteiger partial charge is 0.314 e. The molecular weight excluding hydrogens is 242 g/mol. The lowest BCUT2D eigenvalue weighted by Crippen LogP contribution is -2.36. The van der Waals surface area contributed by atoms with Crippen LogP contribution in [0.3, 0.4) is 0 Å². The van der Waals surface area contributed by atoms with E-state index in [1.807, 2.05) is 12.1 Å². The minimum atomic E-state index is -0.852. The molecule has 0 atom stereocenters. The maximum atomic E-state index is 11.9. The molecule has 0 radical (unpaired) electrons. The van der Waals surface area contributed by atoms with Gasteiger partial charge in [-0.1, -0.05) is 37.8 Å². The van der Waals surface area contributed by atoms with Gasteiger partial charge in [0.15, 0.2) is 0 Å². The summed E-state index contributed by atoms with van der Waals surface area (Å²) in [4.78, 5) is 11.9. The lowest BCUT2D eigenvalue weighted by Gasteiger charge is -2.30. The highest BCUT2D eigenvalue weighted by Crippen LogP contribution is 2.43. The summed E-state index contributed by atoms with van der Waals surface area (Å²) in [6.45, 7) is 0. The fourth-order valence-corrected chi connectivity index (χ4v) is 3.07. The van der Waals surface area contributed by atoms with Crippen LogP contribution in [0.15, 0.2) is 18.2 Å². The van der Waals surface area contributed by atoms with Gasteiger partial charge in [-0.25, -0.2) is 0 Å². The van der Waals surface area contributed by atoms with Crippen LogP contribution in [-0.4, -0.2) is 18.2 Å². The number of carbonyl (C=O) groups is 1. The molecule has 1 aliphatic carbocycles. The first-order chi connectivity index (χ1) is 9.12. The van der Waals surface area contributed by atoms with Gasteiger partial charge in [0.1, 0.15) is 5.75 Å². The van der Waals surface area contributed by atoms with Gasteiger partial charge in [-0.3, -0.25) is 4.79 Å². The quantitative estimate of drug-likeness (QED) is 0.649. The van der Waals surface area contributed by atoms with Crippen molar-refractivity contribution in [2.24, 2.45) is 0 Å². The van der Waals surface area contributed by atoms with Crippen LogP contribution in [0.4, 0.5) is 5.69 Å². The van der Waals surface area contributed by atoms with Gasteiger partial charge in [0.05, 0.1) is 18.2 Å². The number of carboxylic acids is 1. The second kappa shape index (κ2) is 5.51. The van der Waals surface area contributed by atoms with E-state index in [9.17, 15) is 9.90 Å². The first-order valence-corrected chi connectivity index (χ1v) is 6.78. The summed E-state index contributed by atoms with van der Waals surface area (Å²) in [7, 11) is 1.55. The van der Waals surface area contributed by atoms with Crippen molar-refractivity contribution >= 4 is 11.7 Å². The van der Waals surface area contributed by atoms with Crippen LogP contribution < -0.4 is 10.5 Å². The van der Waals surface area contributed by atoms with Gasteiger partial charge in [0, 0.05) is 0 Å². The van der Waals surface area contributed by atoms with E-state index in [0.29, 0.717) is 29.8 Å². The number of nitrogens with two attached hydrogens (primary N) is 1. The summed E-state index contributed by atoms with van der Waals surface area (Å²) in [5, 5.41) is 9.76. The molecule has 0 aromatic heterocycles. The Morgan fingerprint density at radius 2 is 1.89 bits per heavy atom. The van der Waals surface area contributed by atoms with Gasteiger partial charge in [-0.05, 0) is 24.5 Å². The Kier molecular flexibility index (Phi) is 3.98. The standard InChI is InChI=1S/C15H21NO3/c1-19-12-8-6-7-11(13(12)16)15(14(17)18)9-4-2-3-5-10-15/h6-8H,2-5,9-10,16H2,1H3,(H,17,18). The third kappa shape index (κ3) is 2.39. The van der Waals surface area contributed by atoms with Crippen molar-refractivity contribution in [3.05, 3.63) is 23.8 Å². The number of carboxylic acid groups (broad SMARTS) is 1. The topological polar surface area (TPSA) is 72.5 Å². The summed E-state index contributed by atoms with van der Waals surface area (Å²) in [5.41, 5.74) is 6.43. The van der Waals surface area contributed by atoms with Gasteiger partial charge in [-0.2, -0.15) is 0 Å². The van der Waals surface area contributed by atoms with Gasteiger partial charge < -0.3 is 15.6 Å². The maximum absolute atomic E-state index is 11.9. The zero-order chi connectivity index (χ0) is 13.9. The number of hydrogen-bond acceptors (Lipinski definition) is 3. The summed E-state index contributed by atoms with van der Waals surface area (Å²) < 4.78 is 5.21. The van der Waals surface area contributed by atoms with E-state index < -0.39 is 11.4 Å². The third-order valence-corrected chi connectivity index (χ3v) is 4.17. The normalized spacial score (nSPS) is 18.6. The van der Waals surface area contributed by atoms with E-state index in [-0.39, 0.29) is 0 Å². The molecule has 4 nitrogen and oxygen atoms in total. The zero-order valence-corrected chi connectivity index (χ0v) is 11.3. The fraction of sp³-hybridized carbons (Fsp3) is 0.533. The minimum absolute atomic E-state index is 0.467. The van der Waals surface area contributed by atoms with Crippen molar-refractivity contribution in [2.75, 3.05) is 12.8 Å². The molecule has 0 spiro atoms. The molecule has 0 aliphatic heterocycles. The first-order valence-electron chi connectivity index (χ1n) is 6.78. The Morgan fingerprint density at radius 1 is 1.26 bits per heavy atom. The van der Waals surface area contributed by atoms with Crippen molar-refractivity contribution in [3.63, 3.8) is 0 Å². The third-order valence-electron chi connectivity index (χ3n) is 4.17. The molecule has 1 aromatic rings. The average Bonchev–Trinajstić information content (AvgIpc) is 2.65. The average molecular weight is 263 g/mol. The molecule has 19 heavy (non-hydrogen) atoms. The number of ether oxygens (including phenoxy) is 1. The largest absolute Gasteiger partial charge is 0.495 e. The Bertz CT molecular complexity index is 462. The Morgan fingerprint density at radius 3 is 2.42 bits per heavy atom. The van der Waals surface area contributed by atoms with E-state index in [1.165, 1.54) is 0 Å². The molecule has 1 fully saturated rings. The van der Waals surface area contributed by atoms with E-state index >= 15 is 0 Å². The molecule has 3 N–H and O–H groups in total. The zero-order valence-electron chi connectivity index (χ0n) is 11.3. The van der Waals surface area contributed by atoms with Crippen LogP contribution in [0, 0.1) is 0 Å². The van der Waals surface area contributed by atoms with E-state index in [2.05, 4.69) is 0 Å². The number of nitrogen functional groups attached to an aromatic ring is 1. The van der Waals surface area contributed by atoms with Crippen molar-refractivity contribution in [1.29, 1.82) is 0 Å². The minimum Gasteiger partial charge on any atom is -0.495 e. The predicted molar refractivity (Wildman–Crippen MR) is 74.4 cm³/mol. The van der Waals surface area contributed by atoms with Crippen LogP contribution in [-0.2, 0) is 10.2 Å². The van der Waals surface area contributed by atoms with Gasteiger partial charge in [0.25, 0.3) is 0 Å². The first kappa shape index (κ1) is 13.7. The van der Waals surface area contributed by atoms with Gasteiger partial charge in [0.2, 0.25) is 0 Å². The molecule has 0 amide bonds. The number of benzene rings is 1. The molecule has 1 aliphatic rings. The van der Waals surface area contributed by atoms with Crippen LogP contribution >= 0.6 is 0 Å². The molecule has 0 unspecified atom stereocenters. The van der Waals surface area contributed by atoms with Crippen LogP contribution in [0.2, 0.25) is 0 Å². The molecule has 2 rings (SSSR count). The lowest BCUT2D eigenvalue weighted by molar-refractivity contribution is -0.144. The second-order valence-corrected chi connectivity index (χ2v) is 5.22. The van der Waals surface area contributed by atoms with Crippen LogP contribution in [0.25, 0.3) is 0 Å². The molecule has 104 valence electrons. The molecule has 4 heteroatoms. The van der Waals surface area contributed by atoms with Crippen molar-refractivity contribution < 1.29 is 14.6 Å². The number of anilines is 1. The summed E-state index contributed by atoms with van der Waals surface area (Å²) >= 11 is 0. The van der Waals surface area contributed by atoms with Crippen molar-refractivity contribution in [1.82, 2.24) is 0 Å². The number of rotatable bonds is 3. The summed E-state index contributed by atoms with van der Waals surface area (Å²) in [6.07, 6.45) is 5.36. The van der Waals surface area contributed by atoms with Crippen LogP contribution in [0.5, 0.6) is 5.75 Å². The van der Waals surface area contributed by atoms with E-state index in [0.717, 1.165) is 25.7 Å². The number of methoxy groups -OCH3 is 1. The molecule has 1 saturated carbocycles. The second-order valence-electron chi connectivity index (χ2n) is 5.22. The SMILES string of the molecule is COc1cccc(C2(C(=O)O)CCCCCC2)c1N. The lowest BCUT2D eigenvalue weighted by atomic mass is 9.73. The summed E-state index contributed by atoms with van der Waals surface area (Å²) in [6, 6.07) is 5.42. The molecule has 1 aromatic carbocycles. The van der Waals surface area contributed by atoms with E-state index in [1.54, 1.807) is 13.2 Å². The molecule has 0 bridgehead atoms. The highest BCUT2D eigenvalue weighted by Gasteiger charge is 2.42. The Hall–Kier alpha value is -1.71. The Balaban J connectivity index is 2.52. The van der Waals surface area contributed by atoms with Crippen molar-refractivity contribution in [3.8, 4) is 5.75 Å². The molecule has 0 heterocycles. The van der Waals surface area contributed by atoms with Crippen molar-refractivity contribution in [2.45, 2.75) is 43.9 Å².